The molecule has 0 radical (unpaired) electrons. The van der Waals surface area contributed by atoms with Crippen molar-refractivity contribution >= 4 is 32.8 Å². The smallest absolute Gasteiger partial charge is 0.258 e. The molecule has 1 aromatic carbocycles. The molecule has 8 heteroatoms. The maximum Gasteiger partial charge on any atom is 0.258 e. The Morgan fingerprint density at radius 2 is 2.08 bits per heavy atom. The third-order valence-corrected chi connectivity index (χ3v) is 4.66. The van der Waals surface area contributed by atoms with Crippen LogP contribution in [-0.2, 0) is 15.8 Å². The van der Waals surface area contributed by atoms with E-state index in [-0.39, 0.29) is 0 Å². The molecular weight excluding hydrogens is 326 g/mol. The minimum atomic E-state index is -1.60. The number of hydrogen-bond donors (Lipinski definition) is 1. The van der Waals surface area contributed by atoms with Gasteiger partial charge in [0.15, 0.2) is 16.0 Å². The highest BCUT2D eigenvalue weighted by Gasteiger charge is 2.23. The van der Waals surface area contributed by atoms with Crippen molar-refractivity contribution in [1.29, 1.82) is 5.26 Å². The summed E-state index contributed by atoms with van der Waals surface area (Å²) in [5.74, 6) is -0.398. The quantitative estimate of drug-likeness (QED) is 0.766. The molecule has 1 unspecified atom stereocenters. The van der Waals surface area contributed by atoms with Crippen molar-refractivity contribution in [2.45, 2.75) is 0 Å². The van der Waals surface area contributed by atoms with Crippen molar-refractivity contribution < 1.29 is 9.00 Å². The highest BCUT2D eigenvalue weighted by molar-refractivity contribution is 7.93. The molecule has 4 rings (SSSR count). The number of benzene rings is 1. The van der Waals surface area contributed by atoms with E-state index in [0.717, 1.165) is 22.2 Å². The third-order valence-electron chi connectivity index (χ3n) is 3.60. The van der Waals surface area contributed by atoms with Gasteiger partial charge in [-0.3, -0.25) is 14.5 Å². The Labute approximate surface area is 138 Å². The molecule has 1 N–H and O–H groups in total. The zero-order valence-corrected chi connectivity index (χ0v) is 12.9. The number of nitriles is 1. The van der Waals surface area contributed by atoms with E-state index in [1.165, 1.54) is 17.0 Å². The molecule has 0 fully saturated rings. The highest BCUT2D eigenvalue weighted by Crippen LogP contribution is 2.26. The van der Waals surface area contributed by atoms with Crippen LogP contribution in [0.25, 0.3) is 27.2 Å². The molecular formula is C16H9N5O2S. The van der Waals surface area contributed by atoms with E-state index in [0.29, 0.717) is 10.6 Å². The minimum absolute atomic E-state index is 0.305. The summed E-state index contributed by atoms with van der Waals surface area (Å²) in [6.07, 6.45) is 4.44. The second-order valence-corrected chi connectivity index (χ2v) is 6.25. The van der Waals surface area contributed by atoms with Crippen LogP contribution in [0.3, 0.4) is 0 Å². The van der Waals surface area contributed by atoms with Gasteiger partial charge in [0, 0.05) is 23.2 Å². The number of carbonyl (C=O) groups is 1. The number of rotatable bonds is 2. The van der Waals surface area contributed by atoms with Crippen molar-refractivity contribution in [3.63, 3.8) is 0 Å². The predicted molar refractivity (Wildman–Crippen MR) is 88.2 cm³/mol. The van der Waals surface area contributed by atoms with Crippen LogP contribution >= 0.6 is 0 Å². The summed E-state index contributed by atoms with van der Waals surface area (Å²) in [7, 11) is -1.60. The Morgan fingerprint density at radius 3 is 2.75 bits per heavy atom. The first-order valence-corrected chi connectivity index (χ1v) is 8.09. The van der Waals surface area contributed by atoms with Gasteiger partial charge in [-0.05, 0) is 24.3 Å². The van der Waals surface area contributed by atoms with Gasteiger partial charge in [0.2, 0.25) is 0 Å². The second kappa shape index (κ2) is 5.40. The van der Waals surface area contributed by atoms with Crippen LogP contribution in [0.2, 0.25) is 0 Å². The van der Waals surface area contributed by atoms with Gasteiger partial charge < -0.3 is 0 Å². The summed E-state index contributed by atoms with van der Waals surface area (Å²) in [6, 6.07) is 11.1. The van der Waals surface area contributed by atoms with Crippen molar-refractivity contribution in [2.24, 2.45) is 0 Å². The molecule has 0 spiro atoms. The number of hydrogen-bond acceptors (Lipinski definition) is 5. The fourth-order valence-electron chi connectivity index (χ4n) is 2.48. The lowest BCUT2D eigenvalue weighted by molar-refractivity contribution is -0.114. The number of aromatic nitrogens is 3. The molecule has 1 aliphatic heterocycles. The molecule has 3 heterocycles. The van der Waals surface area contributed by atoms with E-state index in [2.05, 4.69) is 14.8 Å². The van der Waals surface area contributed by atoms with Gasteiger partial charge in [-0.1, -0.05) is 6.07 Å². The summed E-state index contributed by atoms with van der Waals surface area (Å²) in [5.41, 5.74) is 2.86. The lowest BCUT2D eigenvalue weighted by atomic mass is 10.1. The molecule has 3 aromatic rings. The van der Waals surface area contributed by atoms with Crippen LogP contribution in [0, 0.1) is 11.3 Å². The Bertz CT molecular complexity index is 1080. The topological polar surface area (TPSA) is 101 Å². The second-order valence-electron chi connectivity index (χ2n) is 5.09. The van der Waals surface area contributed by atoms with Crippen LogP contribution in [0.15, 0.2) is 48.8 Å². The van der Waals surface area contributed by atoms with Crippen molar-refractivity contribution in [3.8, 4) is 17.3 Å². The number of fused-ring (bicyclic) bond motifs is 1. The molecule has 1 atom stereocenters. The van der Waals surface area contributed by atoms with Crippen molar-refractivity contribution in [2.75, 3.05) is 0 Å². The maximum atomic E-state index is 11.9. The Balaban J connectivity index is 1.78. The molecule has 0 saturated heterocycles. The lowest BCUT2D eigenvalue weighted by Crippen LogP contribution is -2.17. The summed E-state index contributed by atoms with van der Waals surface area (Å²) in [5, 5.41) is 14.2. The lowest BCUT2D eigenvalue weighted by Gasteiger charge is -2.04. The molecule has 24 heavy (non-hydrogen) atoms. The summed E-state index contributed by atoms with van der Waals surface area (Å²) in [6.45, 7) is 0. The molecule has 0 bridgehead atoms. The molecule has 0 saturated carbocycles. The zero-order chi connectivity index (χ0) is 16.7. The zero-order valence-electron chi connectivity index (χ0n) is 12.1. The van der Waals surface area contributed by atoms with Gasteiger partial charge in [0.1, 0.15) is 6.07 Å². The Hall–Kier alpha value is -3.31. The van der Waals surface area contributed by atoms with E-state index in [4.69, 9.17) is 5.26 Å². The first kappa shape index (κ1) is 14.3. The standard InChI is InChI=1S/C16H9N5O2S/c17-7-10-1-3-13(18-8-10)11-2-4-14-12(5-11)9-19-21(14)16-6-15(22)20-24(16)23/h1-6,8-9H,(H,20,22). The average Bonchev–Trinajstić information content (AvgIpc) is 3.16. The Kier molecular flexibility index (Phi) is 3.22. The van der Waals surface area contributed by atoms with E-state index in [1.54, 1.807) is 18.3 Å². The molecule has 1 amide bonds. The molecule has 2 aromatic heterocycles. The van der Waals surface area contributed by atoms with Crippen LogP contribution < -0.4 is 4.72 Å². The van der Waals surface area contributed by atoms with E-state index < -0.39 is 16.9 Å². The van der Waals surface area contributed by atoms with Crippen molar-refractivity contribution in [1.82, 2.24) is 19.5 Å². The largest absolute Gasteiger partial charge is 0.269 e. The normalized spacial score (nSPS) is 16.7. The first-order valence-electron chi connectivity index (χ1n) is 6.94. The van der Waals surface area contributed by atoms with Gasteiger partial charge in [-0.25, -0.2) is 8.89 Å². The van der Waals surface area contributed by atoms with E-state index in [1.807, 2.05) is 24.3 Å². The van der Waals surface area contributed by atoms with Gasteiger partial charge in [0.25, 0.3) is 5.91 Å². The van der Waals surface area contributed by atoms with Crippen LogP contribution in [0.1, 0.15) is 5.56 Å². The van der Waals surface area contributed by atoms with Gasteiger partial charge in [-0.15, -0.1) is 0 Å². The first-order chi connectivity index (χ1) is 11.7. The molecule has 0 aliphatic carbocycles. The van der Waals surface area contributed by atoms with Gasteiger partial charge >= 0.3 is 0 Å². The Morgan fingerprint density at radius 1 is 1.21 bits per heavy atom. The maximum absolute atomic E-state index is 11.9. The van der Waals surface area contributed by atoms with Gasteiger partial charge in [0.05, 0.1) is 23.0 Å². The van der Waals surface area contributed by atoms with Gasteiger partial charge in [-0.2, -0.15) is 10.4 Å². The predicted octanol–water partition coefficient (Wildman–Crippen LogP) is 1.56. The molecule has 7 nitrogen and oxygen atoms in total. The number of nitrogens with zero attached hydrogens (tertiary/aromatic N) is 4. The number of amides is 1. The summed E-state index contributed by atoms with van der Waals surface area (Å²) < 4.78 is 15.7. The minimum Gasteiger partial charge on any atom is -0.269 e. The fourth-order valence-corrected chi connectivity index (χ4v) is 3.34. The monoisotopic (exact) mass is 335 g/mol. The van der Waals surface area contributed by atoms with E-state index >= 15 is 0 Å². The third kappa shape index (κ3) is 2.28. The SMILES string of the molecule is N#Cc1ccc(-c2ccc3c(cnn3C3=CC(=O)NS3=O)c2)nc1. The highest BCUT2D eigenvalue weighted by atomic mass is 32.2. The van der Waals surface area contributed by atoms with Crippen molar-refractivity contribution in [3.05, 3.63) is 54.4 Å². The number of nitrogens with one attached hydrogen (secondary N) is 1. The molecule has 116 valence electrons. The fraction of sp³-hybridized carbons (Fsp3) is 0. The number of pyridine rings is 1. The van der Waals surface area contributed by atoms with Crippen LogP contribution in [0.4, 0.5) is 0 Å². The average molecular weight is 335 g/mol. The van der Waals surface area contributed by atoms with Crippen LogP contribution in [-0.4, -0.2) is 24.9 Å². The summed E-state index contributed by atoms with van der Waals surface area (Å²) >= 11 is 0. The van der Waals surface area contributed by atoms with Crippen LogP contribution in [0.5, 0.6) is 0 Å². The van der Waals surface area contributed by atoms with E-state index in [9.17, 15) is 9.00 Å². The molecule has 1 aliphatic rings. The summed E-state index contributed by atoms with van der Waals surface area (Å²) in [4.78, 5) is 15.6. The number of carbonyl (C=O) groups excluding carboxylic acids is 1.